The number of hydrogen-bond acceptors (Lipinski definition) is 2. The third-order valence-corrected chi connectivity index (χ3v) is 4.16. The van der Waals surface area contributed by atoms with Crippen LogP contribution in [0.4, 0.5) is 10.1 Å². The summed E-state index contributed by atoms with van der Waals surface area (Å²) in [4.78, 5) is 2.26. The van der Waals surface area contributed by atoms with Gasteiger partial charge in [0.25, 0.3) is 0 Å². The molecule has 0 radical (unpaired) electrons. The van der Waals surface area contributed by atoms with Crippen molar-refractivity contribution in [3.63, 3.8) is 0 Å². The van der Waals surface area contributed by atoms with E-state index in [1.54, 1.807) is 12.1 Å². The summed E-state index contributed by atoms with van der Waals surface area (Å²) in [7, 11) is 2.10. The average molecular weight is 264 g/mol. The Morgan fingerprint density at radius 1 is 1.32 bits per heavy atom. The van der Waals surface area contributed by atoms with E-state index in [4.69, 9.17) is 0 Å². The number of hydrogen-bond donors (Lipinski definition) is 1. The Labute approximate surface area is 116 Å². The van der Waals surface area contributed by atoms with Gasteiger partial charge in [-0.05, 0) is 49.4 Å². The van der Waals surface area contributed by atoms with Crippen LogP contribution in [0.5, 0.6) is 0 Å². The smallest absolute Gasteiger partial charge is 0.123 e. The summed E-state index contributed by atoms with van der Waals surface area (Å²) in [5.41, 5.74) is 2.19. The minimum absolute atomic E-state index is 0.151. The average Bonchev–Trinajstić information content (AvgIpc) is 3.18. The first-order valence-electron chi connectivity index (χ1n) is 7.23. The molecule has 0 aliphatic heterocycles. The second-order valence-electron chi connectivity index (χ2n) is 6.02. The minimum Gasteiger partial charge on any atom is -0.371 e. The van der Waals surface area contributed by atoms with Crippen molar-refractivity contribution < 1.29 is 4.39 Å². The lowest BCUT2D eigenvalue weighted by atomic mass is 10.0. The van der Waals surface area contributed by atoms with Crippen molar-refractivity contribution in [1.29, 1.82) is 0 Å². The molecule has 1 aliphatic carbocycles. The molecule has 2 nitrogen and oxygen atoms in total. The highest BCUT2D eigenvalue weighted by molar-refractivity contribution is 5.54. The van der Waals surface area contributed by atoms with Crippen molar-refractivity contribution in [2.45, 2.75) is 52.2 Å². The van der Waals surface area contributed by atoms with Gasteiger partial charge in [-0.2, -0.15) is 0 Å². The molecule has 1 N–H and O–H groups in total. The van der Waals surface area contributed by atoms with Crippen LogP contribution in [0.2, 0.25) is 0 Å². The van der Waals surface area contributed by atoms with E-state index in [1.807, 2.05) is 6.07 Å². The standard InChI is InChI=1S/C16H25FN2/c1-11(2)12(3)19(4)16-8-5-14(17)9-13(16)10-18-15-6-7-15/h5,8-9,11-12,15,18H,6-7,10H2,1-4H3. The van der Waals surface area contributed by atoms with Gasteiger partial charge in [-0.3, -0.25) is 0 Å². The molecular weight excluding hydrogens is 239 g/mol. The van der Waals surface area contributed by atoms with Gasteiger partial charge in [0.2, 0.25) is 0 Å². The number of nitrogens with one attached hydrogen (secondary N) is 1. The summed E-state index contributed by atoms with van der Waals surface area (Å²) >= 11 is 0. The number of halogens is 1. The Morgan fingerprint density at radius 3 is 2.58 bits per heavy atom. The molecule has 1 saturated carbocycles. The lowest BCUT2D eigenvalue weighted by molar-refractivity contribution is 0.503. The first-order valence-corrected chi connectivity index (χ1v) is 7.23. The van der Waals surface area contributed by atoms with Gasteiger partial charge in [0.15, 0.2) is 0 Å². The van der Waals surface area contributed by atoms with Crippen LogP contribution in [-0.4, -0.2) is 19.1 Å². The van der Waals surface area contributed by atoms with Crippen LogP contribution >= 0.6 is 0 Å². The normalized spacial score (nSPS) is 16.7. The third-order valence-electron chi connectivity index (χ3n) is 4.16. The second-order valence-corrected chi connectivity index (χ2v) is 6.02. The van der Waals surface area contributed by atoms with Crippen molar-refractivity contribution >= 4 is 5.69 Å². The summed E-state index contributed by atoms with van der Waals surface area (Å²) in [6.07, 6.45) is 2.51. The molecule has 0 spiro atoms. The van der Waals surface area contributed by atoms with Gasteiger partial charge in [-0.1, -0.05) is 13.8 Å². The lowest BCUT2D eigenvalue weighted by Gasteiger charge is -2.31. The van der Waals surface area contributed by atoms with E-state index in [2.05, 4.69) is 38.0 Å². The fourth-order valence-corrected chi connectivity index (χ4v) is 2.25. The summed E-state index contributed by atoms with van der Waals surface area (Å²) in [6.45, 7) is 7.40. The van der Waals surface area contributed by atoms with Gasteiger partial charge in [0.1, 0.15) is 5.82 Å². The summed E-state index contributed by atoms with van der Waals surface area (Å²) in [5.74, 6) is 0.418. The first kappa shape index (κ1) is 14.3. The van der Waals surface area contributed by atoms with E-state index in [0.717, 1.165) is 17.8 Å². The van der Waals surface area contributed by atoms with Crippen LogP contribution in [-0.2, 0) is 6.54 Å². The van der Waals surface area contributed by atoms with Crippen LogP contribution in [0.15, 0.2) is 18.2 Å². The van der Waals surface area contributed by atoms with Gasteiger partial charge in [-0.15, -0.1) is 0 Å². The number of anilines is 1. The Kier molecular flexibility index (Phi) is 4.46. The maximum Gasteiger partial charge on any atom is 0.123 e. The highest BCUT2D eigenvalue weighted by Crippen LogP contribution is 2.26. The Balaban J connectivity index is 2.16. The molecule has 3 heteroatoms. The molecule has 0 amide bonds. The molecule has 19 heavy (non-hydrogen) atoms. The number of nitrogens with zero attached hydrogens (tertiary/aromatic N) is 1. The monoisotopic (exact) mass is 264 g/mol. The molecule has 1 unspecified atom stereocenters. The Morgan fingerprint density at radius 2 is 2.00 bits per heavy atom. The maximum atomic E-state index is 13.5. The molecular formula is C16H25FN2. The predicted molar refractivity (Wildman–Crippen MR) is 79.0 cm³/mol. The van der Waals surface area contributed by atoms with Crippen LogP contribution in [0.3, 0.4) is 0 Å². The fraction of sp³-hybridized carbons (Fsp3) is 0.625. The van der Waals surface area contributed by atoms with Crippen molar-refractivity contribution in [1.82, 2.24) is 5.32 Å². The highest BCUT2D eigenvalue weighted by atomic mass is 19.1. The van der Waals surface area contributed by atoms with E-state index in [0.29, 0.717) is 18.0 Å². The lowest BCUT2D eigenvalue weighted by Crippen LogP contribution is -2.34. The summed E-state index contributed by atoms with van der Waals surface area (Å²) in [6, 6.07) is 6.19. The van der Waals surface area contributed by atoms with Crippen LogP contribution in [0.25, 0.3) is 0 Å². The zero-order valence-corrected chi connectivity index (χ0v) is 12.4. The highest BCUT2D eigenvalue weighted by Gasteiger charge is 2.22. The first-order chi connectivity index (χ1) is 8.99. The molecule has 0 aromatic heterocycles. The topological polar surface area (TPSA) is 15.3 Å². The van der Waals surface area contributed by atoms with Crippen molar-refractivity contribution in [3.8, 4) is 0 Å². The molecule has 1 aromatic rings. The SMILES string of the molecule is CC(C)C(C)N(C)c1ccc(F)cc1CNC1CC1. The maximum absolute atomic E-state index is 13.5. The van der Waals surface area contributed by atoms with Crippen molar-refractivity contribution in [2.24, 2.45) is 5.92 Å². The molecule has 106 valence electrons. The second kappa shape index (κ2) is 5.91. The minimum atomic E-state index is -0.151. The van der Waals surface area contributed by atoms with Gasteiger partial charge >= 0.3 is 0 Å². The Bertz CT molecular complexity index is 427. The predicted octanol–water partition coefficient (Wildman–Crippen LogP) is 3.56. The van der Waals surface area contributed by atoms with Crippen molar-refractivity contribution in [2.75, 3.05) is 11.9 Å². The van der Waals surface area contributed by atoms with E-state index in [9.17, 15) is 4.39 Å². The summed E-state index contributed by atoms with van der Waals surface area (Å²) < 4.78 is 13.5. The molecule has 1 atom stereocenters. The van der Waals surface area contributed by atoms with E-state index in [1.165, 1.54) is 12.8 Å². The third kappa shape index (κ3) is 3.69. The van der Waals surface area contributed by atoms with Crippen molar-refractivity contribution in [3.05, 3.63) is 29.6 Å². The zero-order chi connectivity index (χ0) is 14.0. The molecule has 2 rings (SSSR count). The van der Waals surface area contributed by atoms with E-state index < -0.39 is 0 Å². The molecule has 1 aromatic carbocycles. The number of benzene rings is 1. The van der Waals surface area contributed by atoms with Gasteiger partial charge in [0, 0.05) is 31.4 Å². The van der Waals surface area contributed by atoms with Gasteiger partial charge in [0.05, 0.1) is 0 Å². The van der Waals surface area contributed by atoms with E-state index in [-0.39, 0.29) is 5.82 Å². The molecule has 0 bridgehead atoms. The molecule has 0 heterocycles. The van der Waals surface area contributed by atoms with Crippen LogP contribution in [0.1, 0.15) is 39.2 Å². The molecule has 0 saturated heterocycles. The van der Waals surface area contributed by atoms with Gasteiger partial charge < -0.3 is 10.2 Å². The fourth-order valence-electron chi connectivity index (χ4n) is 2.25. The van der Waals surface area contributed by atoms with E-state index >= 15 is 0 Å². The number of rotatable bonds is 6. The van der Waals surface area contributed by atoms with Gasteiger partial charge in [-0.25, -0.2) is 4.39 Å². The quantitative estimate of drug-likeness (QED) is 0.845. The summed E-state index contributed by atoms with van der Waals surface area (Å²) in [5, 5.41) is 3.47. The molecule has 1 fully saturated rings. The van der Waals surface area contributed by atoms with Crippen LogP contribution in [0, 0.1) is 11.7 Å². The van der Waals surface area contributed by atoms with Crippen LogP contribution < -0.4 is 10.2 Å². The molecule has 1 aliphatic rings. The largest absolute Gasteiger partial charge is 0.371 e. The Hall–Kier alpha value is -1.09. The zero-order valence-electron chi connectivity index (χ0n) is 12.4.